The van der Waals surface area contributed by atoms with E-state index in [1.54, 1.807) is 19.1 Å². The standard InChI is InChI=1S/C22H34N2O8/c1-8-32-16-9-18(27-4)17(19(10-16)28-5)11-24(15(3)25)14(2)21(26)23-20-12-31-13-22(20,29-6)30-7/h9-10,14,20H,8,11-13H2,1-7H3,(H,23,26). The van der Waals surface area contributed by atoms with E-state index in [0.717, 1.165) is 0 Å². The van der Waals surface area contributed by atoms with Crippen molar-refractivity contribution in [3.05, 3.63) is 17.7 Å². The van der Waals surface area contributed by atoms with Gasteiger partial charge in [-0.25, -0.2) is 0 Å². The average Bonchev–Trinajstić information content (AvgIpc) is 3.19. The third-order valence-electron chi connectivity index (χ3n) is 5.60. The van der Waals surface area contributed by atoms with Crippen LogP contribution in [-0.2, 0) is 30.3 Å². The smallest absolute Gasteiger partial charge is 0.243 e. The van der Waals surface area contributed by atoms with Crippen LogP contribution in [-0.4, -0.2) is 82.8 Å². The molecule has 1 heterocycles. The second kappa shape index (κ2) is 11.3. The number of hydrogen-bond acceptors (Lipinski definition) is 8. The number of nitrogens with zero attached hydrogens (tertiary/aromatic N) is 1. The fraction of sp³-hybridized carbons (Fsp3) is 0.636. The Morgan fingerprint density at radius 3 is 2.25 bits per heavy atom. The van der Waals surface area contributed by atoms with Crippen molar-refractivity contribution >= 4 is 11.8 Å². The summed E-state index contributed by atoms with van der Waals surface area (Å²) < 4.78 is 32.9. The fourth-order valence-corrected chi connectivity index (χ4v) is 3.67. The SMILES string of the molecule is CCOc1cc(OC)c(CN(C(C)=O)C(C)C(=O)NC2COCC2(OC)OC)c(OC)c1. The lowest BCUT2D eigenvalue weighted by molar-refractivity contribution is -0.214. The first-order chi connectivity index (χ1) is 15.3. The first-order valence-corrected chi connectivity index (χ1v) is 10.4. The highest BCUT2D eigenvalue weighted by molar-refractivity contribution is 5.87. The molecule has 0 spiro atoms. The fourth-order valence-electron chi connectivity index (χ4n) is 3.67. The number of rotatable bonds is 11. The van der Waals surface area contributed by atoms with E-state index in [0.29, 0.717) is 29.4 Å². The van der Waals surface area contributed by atoms with Crippen molar-refractivity contribution in [3.8, 4) is 17.2 Å². The zero-order valence-corrected chi connectivity index (χ0v) is 19.9. The normalized spacial score (nSPS) is 18.0. The van der Waals surface area contributed by atoms with E-state index in [9.17, 15) is 9.59 Å². The highest BCUT2D eigenvalue weighted by atomic mass is 16.7. The predicted octanol–water partition coefficient (Wildman–Crippen LogP) is 1.34. The van der Waals surface area contributed by atoms with Crippen LogP contribution in [0.1, 0.15) is 26.3 Å². The summed E-state index contributed by atoms with van der Waals surface area (Å²) in [4.78, 5) is 27.0. The van der Waals surface area contributed by atoms with Crippen LogP contribution in [0.5, 0.6) is 17.2 Å². The first-order valence-electron chi connectivity index (χ1n) is 10.4. The number of benzene rings is 1. The molecule has 10 heteroatoms. The molecule has 1 fully saturated rings. The van der Waals surface area contributed by atoms with Gasteiger partial charge in [-0.15, -0.1) is 0 Å². The van der Waals surface area contributed by atoms with E-state index in [1.807, 2.05) is 6.92 Å². The molecule has 10 nitrogen and oxygen atoms in total. The molecule has 0 aromatic heterocycles. The summed E-state index contributed by atoms with van der Waals surface area (Å²) >= 11 is 0. The summed E-state index contributed by atoms with van der Waals surface area (Å²) in [6.45, 7) is 5.95. The molecule has 0 radical (unpaired) electrons. The lowest BCUT2D eigenvalue weighted by Crippen LogP contribution is -2.58. The molecule has 2 rings (SSSR count). The van der Waals surface area contributed by atoms with Crippen molar-refractivity contribution < 1.29 is 38.0 Å². The van der Waals surface area contributed by atoms with E-state index in [-0.39, 0.29) is 31.6 Å². The Bertz CT molecular complexity index is 771. The van der Waals surface area contributed by atoms with Crippen molar-refractivity contribution in [3.63, 3.8) is 0 Å². The topological polar surface area (TPSA) is 105 Å². The van der Waals surface area contributed by atoms with Gasteiger partial charge in [-0.05, 0) is 13.8 Å². The van der Waals surface area contributed by atoms with Gasteiger partial charge in [-0.1, -0.05) is 0 Å². The van der Waals surface area contributed by atoms with Crippen molar-refractivity contribution in [1.29, 1.82) is 0 Å². The lowest BCUT2D eigenvalue weighted by atomic mass is 10.1. The van der Waals surface area contributed by atoms with Gasteiger partial charge in [0.1, 0.15) is 35.9 Å². The molecule has 32 heavy (non-hydrogen) atoms. The molecule has 0 saturated carbocycles. The molecule has 1 saturated heterocycles. The Kier molecular flexibility index (Phi) is 9.11. The molecule has 0 aliphatic carbocycles. The van der Waals surface area contributed by atoms with Crippen LogP contribution >= 0.6 is 0 Å². The van der Waals surface area contributed by atoms with Gasteiger partial charge in [0.2, 0.25) is 17.6 Å². The minimum atomic E-state index is -1.07. The molecular weight excluding hydrogens is 420 g/mol. The Labute approximate surface area is 189 Å². The van der Waals surface area contributed by atoms with E-state index in [2.05, 4.69) is 5.32 Å². The van der Waals surface area contributed by atoms with Crippen LogP contribution < -0.4 is 19.5 Å². The molecule has 1 aromatic rings. The molecule has 2 unspecified atom stereocenters. The predicted molar refractivity (Wildman–Crippen MR) is 116 cm³/mol. The number of amides is 2. The van der Waals surface area contributed by atoms with Gasteiger partial charge in [0, 0.05) is 33.3 Å². The van der Waals surface area contributed by atoms with Crippen molar-refractivity contribution in [2.24, 2.45) is 0 Å². The van der Waals surface area contributed by atoms with Crippen molar-refractivity contribution in [1.82, 2.24) is 10.2 Å². The quantitative estimate of drug-likeness (QED) is 0.500. The second-order valence-corrected chi connectivity index (χ2v) is 7.36. The molecule has 180 valence electrons. The summed E-state index contributed by atoms with van der Waals surface area (Å²) in [5, 5.41) is 2.89. The van der Waals surface area contributed by atoms with Gasteiger partial charge in [0.25, 0.3) is 0 Å². The van der Waals surface area contributed by atoms with E-state index in [1.165, 1.54) is 40.3 Å². The first kappa shape index (κ1) is 25.7. The monoisotopic (exact) mass is 454 g/mol. The van der Waals surface area contributed by atoms with Crippen molar-refractivity contribution in [2.75, 3.05) is 48.3 Å². The molecule has 2 atom stereocenters. The lowest BCUT2D eigenvalue weighted by Gasteiger charge is -2.33. The van der Waals surface area contributed by atoms with Crippen LogP contribution in [0.2, 0.25) is 0 Å². The molecule has 1 aliphatic rings. The molecule has 2 amide bonds. The molecule has 1 N–H and O–H groups in total. The summed E-state index contributed by atoms with van der Waals surface area (Å²) in [5.41, 5.74) is 0.626. The Hall–Kier alpha value is -2.56. The third kappa shape index (κ3) is 5.43. The minimum Gasteiger partial charge on any atom is -0.496 e. The number of hydrogen-bond donors (Lipinski definition) is 1. The number of methoxy groups -OCH3 is 4. The van der Waals surface area contributed by atoms with Crippen molar-refractivity contribution in [2.45, 2.75) is 45.2 Å². The maximum absolute atomic E-state index is 13.0. The summed E-state index contributed by atoms with van der Waals surface area (Å²) in [5.74, 6) is -0.141. The number of nitrogens with one attached hydrogen (secondary N) is 1. The van der Waals surface area contributed by atoms with E-state index in [4.69, 9.17) is 28.4 Å². The van der Waals surface area contributed by atoms with Crippen LogP contribution in [0, 0.1) is 0 Å². The highest BCUT2D eigenvalue weighted by Crippen LogP contribution is 2.35. The van der Waals surface area contributed by atoms with Gasteiger partial charge in [-0.2, -0.15) is 0 Å². The van der Waals surface area contributed by atoms with Gasteiger partial charge in [0.05, 0.1) is 39.5 Å². The van der Waals surface area contributed by atoms with Gasteiger partial charge in [0.15, 0.2) is 0 Å². The maximum atomic E-state index is 13.0. The van der Waals surface area contributed by atoms with Crippen LogP contribution in [0.3, 0.4) is 0 Å². The average molecular weight is 455 g/mol. The maximum Gasteiger partial charge on any atom is 0.243 e. The summed E-state index contributed by atoms with van der Waals surface area (Å²) in [6.07, 6.45) is 0. The molecule has 1 aliphatic heterocycles. The second-order valence-electron chi connectivity index (χ2n) is 7.36. The molecule has 1 aromatic carbocycles. The van der Waals surface area contributed by atoms with Crippen LogP contribution in [0.15, 0.2) is 12.1 Å². The summed E-state index contributed by atoms with van der Waals surface area (Å²) in [6, 6.07) is 2.15. The molecular formula is C22H34N2O8. The number of carbonyl (C=O) groups is 2. The zero-order chi connectivity index (χ0) is 23.9. The van der Waals surface area contributed by atoms with E-state index >= 15 is 0 Å². The zero-order valence-electron chi connectivity index (χ0n) is 19.9. The van der Waals surface area contributed by atoms with E-state index < -0.39 is 17.9 Å². The summed E-state index contributed by atoms with van der Waals surface area (Å²) in [7, 11) is 6.04. The Morgan fingerprint density at radius 2 is 1.78 bits per heavy atom. The number of ether oxygens (including phenoxy) is 6. The minimum absolute atomic E-state index is 0.101. The Balaban J connectivity index is 2.27. The Morgan fingerprint density at radius 1 is 1.19 bits per heavy atom. The van der Waals surface area contributed by atoms with Gasteiger partial charge >= 0.3 is 0 Å². The van der Waals surface area contributed by atoms with Gasteiger partial charge < -0.3 is 38.6 Å². The largest absolute Gasteiger partial charge is 0.496 e. The number of carbonyl (C=O) groups excluding carboxylic acids is 2. The molecule has 0 bridgehead atoms. The highest BCUT2D eigenvalue weighted by Gasteiger charge is 2.46. The third-order valence-corrected chi connectivity index (χ3v) is 5.60. The van der Waals surface area contributed by atoms with Gasteiger partial charge in [-0.3, -0.25) is 9.59 Å². The van der Waals surface area contributed by atoms with Crippen LogP contribution in [0.25, 0.3) is 0 Å². The van der Waals surface area contributed by atoms with Crippen LogP contribution in [0.4, 0.5) is 0 Å².